The van der Waals surface area contributed by atoms with E-state index in [1.807, 2.05) is 42.9 Å². The summed E-state index contributed by atoms with van der Waals surface area (Å²) < 4.78 is 42.0. The molecule has 0 amide bonds. The van der Waals surface area contributed by atoms with Gasteiger partial charge in [0.2, 0.25) is 10.0 Å². The van der Waals surface area contributed by atoms with E-state index in [4.69, 9.17) is 9.47 Å². The first kappa shape index (κ1) is 29.7. The fourth-order valence-electron chi connectivity index (χ4n) is 4.93. The number of hydrogen-bond acceptors (Lipinski definition) is 8. The van der Waals surface area contributed by atoms with E-state index in [0.717, 1.165) is 35.3 Å². The maximum atomic E-state index is 13.7. The standard InChI is InChI=1S/C29H39N5O5S/c1-5-14-33-19-25(31-32-33)11-10-23(16-29(35)38-7-3)22-9-8-21(4)24(15-22)18-34-20-26(6-2)39-27-12-13-30-17-28(27)40(34,36)37/h8-9,12-13,15,17,19,23,26H,5-7,10-11,14,16,18,20H2,1-4H3. The molecule has 0 radical (unpaired) electrons. The molecular formula is C29H39N5O5S. The van der Waals surface area contributed by atoms with Crippen molar-refractivity contribution in [2.45, 2.75) is 89.8 Å². The lowest BCUT2D eigenvalue weighted by Crippen LogP contribution is -2.36. The highest BCUT2D eigenvalue weighted by Crippen LogP contribution is 2.33. The van der Waals surface area contributed by atoms with E-state index in [1.54, 1.807) is 19.2 Å². The molecule has 216 valence electrons. The first-order valence-corrected chi connectivity index (χ1v) is 15.4. The van der Waals surface area contributed by atoms with Gasteiger partial charge in [-0.15, -0.1) is 5.10 Å². The fraction of sp³-hybridized carbons (Fsp3) is 0.517. The van der Waals surface area contributed by atoms with Gasteiger partial charge in [0.15, 0.2) is 0 Å². The van der Waals surface area contributed by atoms with E-state index in [0.29, 0.717) is 31.6 Å². The van der Waals surface area contributed by atoms with Gasteiger partial charge in [-0.25, -0.2) is 8.42 Å². The van der Waals surface area contributed by atoms with Crippen LogP contribution in [0, 0.1) is 6.92 Å². The van der Waals surface area contributed by atoms with Crippen molar-refractivity contribution in [2.24, 2.45) is 0 Å². The van der Waals surface area contributed by atoms with Crippen LogP contribution in [0.15, 0.2) is 47.8 Å². The lowest BCUT2D eigenvalue weighted by molar-refractivity contribution is -0.143. The molecule has 40 heavy (non-hydrogen) atoms. The molecule has 0 saturated carbocycles. The van der Waals surface area contributed by atoms with Crippen LogP contribution in [0.2, 0.25) is 0 Å². The number of carbonyl (C=O) groups excluding carboxylic acids is 1. The number of benzene rings is 1. The van der Waals surface area contributed by atoms with E-state index in [-0.39, 0.29) is 42.4 Å². The lowest BCUT2D eigenvalue weighted by atomic mass is 9.88. The maximum absolute atomic E-state index is 13.7. The Balaban J connectivity index is 1.61. The number of sulfonamides is 1. The Morgan fingerprint density at radius 3 is 2.80 bits per heavy atom. The quantitative estimate of drug-likeness (QED) is 0.294. The zero-order valence-electron chi connectivity index (χ0n) is 23.7. The molecule has 0 saturated heterocycles. The summed E-state index contributed by atoms with van der Waals surface area (Å²) in [5.74, 6) is -0.0429. The van der Waals surface area contributed by atoms with Gasteiger partial charge in [0.1, 0.15) is 16.7 Å². The van der Waals surface area contributed by atoms with Crippen LogP contribution in [0.5, 0.6) is 5.75 Å². The van der Waals surface area contributed by atoms with E-state index in [9.17, 15) is 13.2 Å². The Labute approximate surface area is 236 Å². The van der Waals surface area contributed by atoms with Crippen LogP contribution in [0.25, 0.3) is 0 Å². The minimum absolute atomic E-state index is 0.0797. The second-order valence-corrected chi connectivity index (χ2v) is 12.1. The van der Waals surface area contributed by atoms with Crippen molar-refractivity contribution in [2.75, 3.05) is 13.2 Å². The van der Waals surface area contributed by atoms with Gasteiger partial charge in [0, 0.05) is 25.5 Å². The average Bonchev–Trinajstić information content (AvgIpc) is 3.35. The van der Waals surface area contributed by atoms with Crippen molar-refractivity contribution >= 4 is 16.0 Å². The summed E-state index contributed by atoms with van der Waals surface area (Å²) in [5.41, 5.74) is 3.70. The Kier molecular flexibility index (Phi) is 9.91. The predicted octanol–water partition coefficient (Wildman–Crippen LogP) is 4.42. The molecule has 0 aliphatic carbocycles. The molecule has 1 aromatic carbocycles. The normalized spacial score (nSPS) is 17.4. The van der Waals surface area contributed by atoms with Crippen molar-refractivity contribution in [3.63, 3.8) is 0 Å². The van der Waals surface area contributed by atoms with Crippen LogP contribution in [-0.4, -0.2) is 57.9 Å². The molecule has 0 bridgehead atoms. The third kappa shape index (κ3) is 7.06. The molecule has 2 unspecified atom stereocenters. The number of nitrogens with zero attached hydrogens (tertiary/aromatic N) is 5. The number of esters is 1. The van der Waals surface area contributed by atoms with Gasteiger partial charge in [-0.05, 0) is 68.2 Å². The molecule has 3 aromatic rings. The second-order valence-electron chi connectivity index (χ2n) is 10.2. The molecule has 1 aliphatic rings. The molecular weight excluding hydrogens is 530 g/mol. The molecule has 10 nitrogen and oxygen atoms in total. The molecule has 4 rings (SSSR count). The predicted molar refractivity (Wildman–Crippen MR) is 150 cm³/mol. The maximum Gasteiger partial charge on any atom is 0.306 e. The van der Waals surface area contributed by atoms with Crippen LogP contribution >= 0.6 is 0 Å². The second kappa shape index (κ2) is 13.4. The zero-order chi connectivity index (χ0) is 28.7. The Morgan fingerprint density at radius 2 is 2.05 bits per heavy atom. The third-order valence-corrected chi connectivity index (χ3v) is 9.04. The van der Waals surface area contributed by atoms with Crippen LogP contribution in [-0.2, 0) is 39.1 Å². The SMILES string of the molecule is CCCn1cc(CCC(CC(=O)OCC)c2ccc(C)c(CN3CC(CC)Oc4ccncc4S3(=O)=O)c2)nn1. The molecule has 11 heteroatoms. The van der Waals surface area contributed by atoms with Crippen LogP contribution in [0.1, 0.15) is 74.8 Å². The first-order valence-electron chi connectivity index (χ1n) is 14.0. The number of carbonyl (C=O) groups is 1. The van der Waals surface area contributed by atoms with Gasteiger partial charge in [-0.2, -0.15) is 4.31 Å². The van der Waals surface area contributed by atoms with Crippen molar-refractivity contribution in [3.05, 3.63) is 65.2 Å². The van der Waals surface area contributed by atoms with Crippen LogP contribution in [0.3, 0.4) is 0 Å². The smallest absolute Gasteiger partial charge is 0.306 e. The Hall–Kier alpha value is -3.31. The van der Waals surface area contributed by atoms with Gasteiger partial charge in [-0.1, -0.05) is 37.3 Å². The van der Waals surface area contributed by atoms with Crippen LogP contribution in [0.4, 0.5) is 0 Å². The minimum Gasteiger partial charge on any atom is -0.488 e. The lowest BCUT2D eigenvalue weighted by Gasteiger charge is -2.24. The molecule has 2 aromatic heterocycles. The molecule has 2 atom stereocenters. The Bertz CT molecular complexity index is 1410. The number of aromatic nitrogens is 4. The monoisotopic (exact) mass is 569 g/mol. The molecule has 3 heterocycles. The zero-order valence-corrected chi connectivity index (χ0v) is 24.6. The fourth-order valence-corrected chi connectivity index (χ4v) is 6.44. The van der Waals surface area contributed by atoms with Gasteiger partial charge < -0.3 is 9.47 Å². The van der Waals surface area contributed by atoms with E-state index < -0.39 is 10.0 Å². The number of pyridine rings is 1. The Morgan fingerprint density at radius 1 is 1.23 bits per heavy atom. The number of fused-ring (bicyclic) bond motifs is 1. The van der Waals surface area contributed by atoms with Crippen molar-refractivity contribution in [3.8, 4) is 5.75 Å². The summed E-state index contributed by atoms with van der Waals surface area (Å²) in [4.78, 5) is 16.7. The highest BCUT2D eigenvalue weighted by atomic mass is 32.2. The number of aryl methyl sites for hydroxylation is 3. The summed E-state index contributed by atoms with van der Waals surface area (Å²) >= 11 is 0. The third-order valence-electron chi connectivity index (χ3n) is 7.22. The largest absolute Gasteiger partial charge is 0.488 e. The molecule has 1 aliphatic heterocycles. The number of ether oxygens (including phenoxy) is 2. The van der Waals surface area contributed by atoms with Crippen LogP contribution < -0.4 is 4.74 Å². The summed E-state index contributed by atoms with van der Waals surface area (Å²) in [6.45, 7) is 9.39. The number of rotatable bonds is 12. The van der Waals surface area contributed by atoms with E-state index >= 15 is 0 Å². The highest BCUT2D eigenvalue weighted by molar-refractivity contribution is 7.89. The number of hydrogen-bond donors (Lipinski definition) is 0. The minimum atomic E-state index is -3.83. The summed E-state index contributed by atoms with van der Waals surface area (Å²) in [7, 11) is -3.83. The van der Waals surface area contributed by atoms with E-state index in [1.165, 1.54) is 10.5 Å². The van der Waals surface area contributed by atoms with Gasteiger partial charge >= 0.3 is 5.97 Å². The van der Waals surface area contributed by atoms with Crippen molar-refractivity contribution < 1.29 is 22.7 Å². The van der Waals surface area contributed by atoms with Gasteiger partial charge in [0.05, 0.1) is 31.5 Å². The molecule has 0 N–H and O–H groups in total. The average molecular weight is 570 g/mol. The topological polar surface area (TPSA) is 117 Å². The van der Waals surface area contributed by atoms with Crippen molar-refractivity contribution in [1.29, 1.82) is 0 Å². The molecule has 0 spiro atoms. The summed E-state index contributed by atoms with van der Waals surface area (Å²) in [6, 6.07) is 7.64. The molecule has 0 fully saturated rings. The summed E-state index contributed by atoms with van der Waals surface area (Å²) in [5, 5.41) is 8.48. The highest BCUT2D eigenvalue weighted by Gasteiger charge is 2.35. The van der Waals surface area contributed by atoms with Crippen molar-refractivity contribution in [1.82, 2.24) is 24.3 Å². The van der Waals surface area contributed by atoms with Gasteiger partial charge in [0.25, 0.3) is 0 Å². The van der Waals surface area contributed by atoms with Gasteiger partial charge in [-0.3, -0.25) is 14.5 Å². The summed E-state index contributed by atoms with van der Waals surface area (Å²) in [6.07, 6.45) is 7.78. The first-order chi connectivity index (χ1) is 19.2. The van der Waals surface area contributed by atoms with E-state index in [2.05, 4.69) is 22.2 Å².